The van der Waals surface area contributed by atoms with Gasteiger partial charge in [-0.1, -0.05) is 36.4 Å². The zero-order valence-electron chi connectivity index (χ0n) is 19.1. The minimum Gasteiger partial charge on any atom is -0.493 e. The van der Waals surface area contributed by atoms with Crippen molar-refractivity contribution in [2.75, 3.05) is 13.7 Å². The number of hydrogen-bond donors (Lipinski definition) is 2. The van der Waals surface area contributed by atoms with Gasteiger partial charge < -0.3 is 24.6 Å². The molecule has 35 heavy (non-hydrogen) atoms. The Morgan fingerprint density at radius 1 is 1.03 bits per heavy atom. The number of nitrogens with one attached hydrogen (secondary N) is 1. The van der Waals surface area contributed by atoms with Crippen LogP contribution in [0.25, 0.3) is 0 Å². The van der Waals surface area contributed by atoms with E-state index in [0.29, 0.717) is 30.1 Å². The molecule has 2 N–H and O–H groups in total. The molecule has 0 atom stereocenters. The summed E-state index contributed by atoms with van der Waals surface area (Å²) in [6.07, 6.45) is -0.425. The average Bonchev–Trinajstić information content (AvgIpc) is 3.20. The van der Waals surface area contributed by atoms with E-state index in [4.69, 9.17) is 19.5 Å². The minimum atomic E-state index is -1.46. The average molecular weight is 472 g/mol. The summed E-state index contributed by atoms with van der Waals surface area (Å²) < 4.78 is 16.4. The van der Waals surface area contributed by atoms with Gasteiger partial charge in [-0.3, -0.25) is 4.79 Å². The van der Waals surface area contributed by atoms with E-state index in [2.05, 4.69) is 11.4 Å². The number of nitrogens with zero attached hydrogens (tertiary/aromatic N) is 1. The Kier molecular flexibility index (Phi) is 6.88. The molecule has 0 aromatic heterocycles. The topological polar surface area (TPSA) is 118 Å². The van der Waals surface area contributed by atoms with E-state index in [1.807, 2.05) is 36.4 Å². The smallest absolute Gasteiger partial charge is 0.493 e. The van der Waals surface area contributed by atoms with Gasteiger partial charge in [0.25, 0.3) is 5.91 Å². The number of benzene rings is 3. The molecular formula is C27H24N2O6. The summed E-state index contributed by atoms with van der Waals surface area (Å²) >= 11 is 0. The minimum absolute atomic E-state index is 0.239. The van der Waals surface area contributed by atoms with E-state index in [0.717, 1.165) is 16.7 Å². The summed E-state index contributed by atoms with van der Waals surface area (Å²) in [7, 11) is 1.50. The lowest BCUT2D eigenvalue weighted by atomic mass is 10.1. The fourth-order valence-corrected chi connectivity index (χ4v) is 4.22. The Hall–Kier alpha value is -4.51. The molecule has 0 spiro atoms. The highest BCUT2D eigenvalue weighted by Crippen LogP contribution is 2.33. The largest absolute Gasteiger partial charge is 0.507 e. The first-order valence-corrected chi connectivity index (χ1v) is 11.0. The van der Waals surface area contributed by atoms with E-state index in [9.17, 15) is 14.7 Å². The van der Waals surface area contributed by atoms with Crippen LogP contribution in [-0.4, -0.2) is 36.6 Å². The zero-order chi connectivity index (χ0) is 24.8. The predicted molar refractivity (Wildman–Crippen MR) is 127 cm³/mol. The van der Waals surface area contributed by atoms with Gasteiger partial charge in [-0.25, -0.2) is 4.79 Å². The molecule has 0 bridgehead atoms. The summed E-state index contributed by atoms with van der Waals surface area (Å²) in [6.45, 7) is 0.303. The number of fused-ring (bicyclic) bond motifs is 1. The molecular weight excluding hydrogens is 448 g/mol. The normalized spacial score (nSPS) is 13.3. The maximum absolute atomic E-state index is 13.1. The molecule has 0 fully saturated rings. The Morgan fingerprint density at radius 3 is 2.43 bits per heavy atom. The van der Waals surface area contributed by atoms with Crippen LogP contribution in [0.1, 0.15) is 32.6 Å². The monoisotopic (exact) mass is 472 g/mol. The number of nitriles is 1. The molecule has 1 aliphatic rings. The van der Waals surface area contributed by atoms with E-state index in [1.165, 1.54) is 7.11 Å². The number of amides is 1. The molecule has 1 aliphatic carbocycles. The molecule has 0 aliphatic heterocycles. The van der Waals surface area contributed by atoms with Crippen molar-refractivity contribution in [1.29, 1.82) is 5.26 Å². The molecule has 8 nitrogen and oxygen atoms in total. The first kappa shape index (κ1) is 23.6. The molecule has 3 aromatic carbocycles. The Morgan fingerprint density at radius 2 is 1.77 bits per heavy atom. The number of methoxy groups -OCH3 is 1. The van der Waals surface area contributed by atoms with Crippen molar-refractivity contribution in [3.63, 3.8) is 0 Å². The molecule has 0 unspecified atom stereocenters. The van der Waals surface area contributed by atoms with E-state index >= 15 is 0 Å². The Labute approximate surface area is 202 Å². The molecule has 0 saturated carbocycles. The van der Waals surface area contributed by atoms with Gasteiger partial charge in [0, 0.05) is 24.8 Å². The lowest BCUT2D eigenvalue weighted by Gasteiger charge is -2.28. The molecule has 4 rings (SSSR count). The third kappa shape index (κ3) is 5.53. The summed E-state index contributed by atoms with van der Waals surface area (Å²) in [5.41, 5.74) is 2.26. The second-order valence-electron chi connectivity index (χ2n) is 8.21. The quantitative estimate of drug-likeness (QED) is 0.374. The van der Waals surface area contributed by atoms with Crippen molar-refractivity contribution in [3.05, 3.63) is 94.5 Å². The van der Waals surface area contributed by atoms with Crippen LogP contribution >= 0.6 is 0 Å². The summed E-state index contributed by atoms with van der Waals surface area (Å²) in [6, 6.07) is 21.6. The molecule has 3 aromatic rings. The highest BCUT2D eigenvalue weighted by Gasteiger charge is 2.42. The number of carbonyl (C=O) groups is 2. The standard InChI is InChI=1S/C27H24N2O6/c1-33-23-10-9-20(14-24(23)34-12-11-18-5-4-6-19(13-18)17-28)25(30)29-27(35-26(31)32)15-21-7-2-3-8-22(21)16-27/h2-10,13-14H,11-12,15-16H2,1H3,(H,29,30)(H,31,32). The highest BCUT2D eigenvalue weighted by molar-refractivity contribution is 5.95. The fourth-order valence-electron chi connectivity index (χ4n) is 4.22. The van der Waals surface area contributed by atoms with E-state index in [-0.39, 0.29) is 18.4 Å². The van der Waals surface area contributed by atoms with Crippen molar-refractivity contribution in [3.8, 4) is 17.6 Å². The van der Waals surface area contributed by atoms with Crippen molar-refractivity contribution in [2.24, 2.45) is 0 Å². The van der Waals surface area contributed by atoms with Crippen molar-refractivity contribution >= 4 is 12.1 Å². The fraction of sp³-hybridized carbons (Fsp3) is 0.222. The molecule has 0 saturated heterocycles. The van der Waals surface area contributed by atoms with Crippen LogP contribution in [0.4, 0.5) is 4.79 Å². The maximum Gasteiger partial charge on any atom is 0.507 e. The van der Waals surface area contributed by atoms with Crippen LogP contribution in [0.5, 0.6) is 11.5 Å². The van der Waals surface area contributed by atoms with Gasteiger partial charge in [0.1, 0.15) is 0 Å². The van der Waals surface area contributed by atoms with Gasteiger partial charge in [0.15, 0.2) is 17.2 Å². The number of carbonyl (C=O) groups excluding carboxylic acids is 1. The Balaban J connectivity index is 1.49. The molecule has 0 radical (unpaired) electrons. The first-order chi connectivity index (χ1) is 16.9. The van der Waals surface area contributed by atoms with Crippen LogP contribution in [0, 0.1) is 11.3 Å². The van der Waals surface area contributed by atoms with Gasteiger partial charge >= 0.3 is 6.16 Å². The van der Waals surface area contributed by atoms with Crippen molar-refractivity contribution in [1.82, 2.24) is 5.32 Å². The number of carboxylic acid groups (broad SMARTS) is 1. The third-order valence-corrected chi connectivity index (χ3v) is 5.82. The van der Waals surface area contributed by atoms with Crippen LogP contribution in [-0.2, 0) is 24.0 Å². The van der Waals surface area contributed by atoms with Crippen molar-refractivity contribution in [2.45, 2.75) is 25.0 Å². The summed E-state index contributed by atoms with van der Waals surface area (Å²) in [4.78, 5) is 24.6. The predicted octanol–water partition coefficient (Wildman–Crippen LogP) is 4.11. The number of hydrogen-bond acceptors (Lipinski definition) is 6. The van der Waals surface area contributed by atoms with Gasteiger partial charge in [-0.05, 0) is 47.0 Å². The van der Waals surface area contributed by atoms with Crippen LogP contribution in [0.15, 0.2) is 66.7 Å². The molecule has 8 heteroatoms. The molecule has 1 amide bonds. The van der Waals surface area contributed by atoms with E-state index in [1.54, 1.807) is 30.3 Å². The van der Waals surface area contributed by atoms with Gasteiger partial charge in [0.05, 0.1) is 25.3 Å². The van der Waals surface area contributed by atoms with Gasteiger partial charge in [-0.2, -0.15) is 5.26 Å². The molecule has 0 heterocycles. The lowest BCUT2D eigenvalue weighted by molar-refractivity contribution is -0.0299. The van der Waals surface area contributed by atoms with Crippen LogP contribution in [0.3, 0.4) is 0 Å². The summed E-state index contributed by atoms with van der Waals surface area (Å²) in [5.74, 6) is 0.338. The van der Waals surface area contributed by atoms with Crippen molar-refractivity contribution < 1.29 is 28.9 Å². The second-order valence-corrected chi connectivity index (χ2v) is 8.21. The van der Waals surface area contributed by atoms with Gasteiger partial charge in [0.2, 0.25) is 0 Å². The maximum atomic E-state index is 13.1. The van der Waals surface area contributed by atoms with Crippen LogP contribution < -0.4 is 14.8 Å². The van der Waals surface area contributed by atoms with E-state index < -0.39 is 17.8 Å². The zero-order valence-corrected chi connectivity index (χ0v) is 19.1. The second kappa shape index (κ2) is 10.2. The first-order valence-electron chi connectivity index (χ1n) is 11.0. The Bertz CT molecular complexity index is 1270. The van der Waals surface area contributed by atoms with Gasteiger partial charge in [-0.15, -0.1) is 0 Å². The van der Waals surface area contributed by atoms with Crippen LogP contribution in [0.2, 0.25) is 0 Å². The number of ether oxygens (including phenoxy) is 3. The summed E-state index contributed by atoms with van der Waals surface area (Å²) in [5, 5.41) is 21.1. The third-order valence-electron chi connectivity index (χ3n) is 5.82. The number of rotatable bonds is 8. The SMILES string of the molecule is COc1ccc(C(=O)NC2(OC(=O)O)Cc3ccccc3C2)cc1OCCc1cccc(C#N)c1. The molecule has 178 valence electrons. The lowest BCUT2D eigenvalue weighted by Crippen LogP contribution is -2.52. The highest BCUT2D eigenvalue weighted by atomic mass is 16.7.